The molecule has 0 aliphatic carbocycles. The lowest BCUT2D eigenvalue weighted by Gasteiger charge is -2.11. The predicted octanol–water partition coefficient (Wildman–Crippen LogP) is 6.80. The summed E-state index contributed by atoms with van der Waals surface area (Å²) in [6, 6.07) is 17.7. The van der Waals surface area contributed by atoms with E-state index in [4.69, 9.17) is 16.3 Å². The van der Waals surface area contributed by atoms with E-state index in [-0.39, 0.29) is 12.4 Å². The summed E-state index contributed by atoms with van der Waals surface area (Å²) in [4.78, 5) is 13.1. The quantitative estimate of drug-likeness (QED) is 0.298. The van der Waals surface area contributed by atoms with Gasteiger partial charge in [0.2, 0.25) is 0 Å². The molecule has 0 fully saturated rings. The van der Waals surface area contributed by atoms with E-state index in [0.717, 1.165) is 32.0 Å². The lowest BCUT2D eigenvalue weighted by atomic mass is 10.2. The Labute approximate surface area is 186 Å². The number of aromatic amines is 1. The minimum absolute atomic E-state index is 0.230. The highest BCUT2D eigenvalue weighted by Crippen LogP contribution is 2.36. The van der Waals surface area contributed by atoms with Crippen molar-refractivity contribution in [2.45, 2.75) is 6.61 Å². The average Bonchev–Trinajstić information content (AvgIpc) is 3.43. The van der Waals surface area contributed by atoms with Crippen LogP contribution in [0.15, 0.2) is 73.2 Å². The third kappa shape index (κ3) is 4.23. The number of halogens is 2. The minimum Gasteiger partial charge on any atom is -0.487 e. The number of nitrogens with one attached hydrogen (secondary N) is 2. The Kier molecular flexibility index (Phi) is 5.28. The molecule has 5 nitrogen and oxygen atoms in total. The molecule has 0 unspecified atom stereocenters. The number of rotatable bonds is 6. The molecular formula is C23H16ClFN4OS. The van der Waals surface area contributed by atoms with Gasteiger partial charge in [-0.1, -0.05) is 23.7 Å². The van der Waals surface area contributed by atoms with Crippen LogP contribution in [-0.4, -0.2) is 15.0 Å². The summed E-state index contributed by atoms with van der Waals surface area (Å²) < 4.78 is 20.0. The Morgan fingerprint density at radius 3 is 2.81 bits per heavy atom. The van der Waals surface area contributed by atoms with Crippen LogP contribution in [0.25, 0.3) is 20.8 Å². The van der Waals surface area contributed by atoms with Gasteiger partial charge in [-0.15, -0.1) is 11.3 Å². The summed E-state index contributed by atoms with van der Waals surface area (Å²) in [6.45, 7) is 0.230. The maximum atomic E-state index is 13.3. The lowest BCUT2D eigenvalue weighted by molar-refractivity contribution is 0.306. The number of ether oxygens (including phenoxy) is 1. The van der Waals surface area contributed by atoms with Gasteiger partial charge in [0.1, 0.15) is 24.5 Å². The molecular weight excluding hydrogens is 435 g/mol. The fraction of sp³-hybridized carbons (Fsp3) is 0.0435. The average molecular weight is 451 g/mol. The summed E-state index contributed by atoms with van der Waals surface area (Å²) in [5.74, 6) is 0.933. The minimum atomic E-state index is -0.295. The fourth-order valence-corrected chi connectivity index (χ4v) is 4.46. The molecule has 0 atom stereocenters. The van der Waals surface area contributed by atoms with Crippen molar-refractivity contribution in [1.82, 2.24) is 15.0 Å². The fourth-order valence-electron chi connectivity index (χ4n) is 3.18. The number of hydrogen-bond donors (Lipinski definition) is 2. The molecule has 8 heteroatoms. The molecule has 5 aromatic rings. The van der Waals surface area contributed by atoms with Crippen LogP contribution in [0.3, 0.4) is 0 Å². The van der Waals surface area contributed by atoms with Crippen LogP contribution in [0.4, 0.5) is 15.9 Å². The molecule has 154 valence electrons. The molecule has 31 heavy (non-hydrogen) atoms. The number of thiophene rings is 1. The van der Waals surface area contributed by atoms with Crippen LogP contribution in [0.1, 0.15) is 5.56 Å². The zero-order valence-corrected chi connectivity index (χ0v) is 17.7. The van der Waals surface area contributed by atoms with Crippen molar-refractivity contribution in [2.75, 3.05) is 5.32 Å². The SMILES string of the molecule is Fc1cccc(COc2ccc(Nc3ncnc4cc(-c5ccc[nH]5)sc34)cc2Cl)c1. The maximum absolute atomic E-state index is 13.3. The number of aromatic nitrogens is 3. The van der Waals surface area contributed by atoms with Crippen molar-refractivity contribution in [2.24, 2.45) is 0 Å². The van der Waals surface area contributed by atoms with Crippen molar-refractivity contribution in [3.8, 4) is 16.3 Å². The zero-order valence-electron chi connectivity index (χ0n) is 16.1. The van der Waals surface area contributed by atoms with Crippen LogP contribution in [0.5, 0.6) is 5.75 Å². The second kappa shape index (κ2) is 8.37. The number of nitrogens with zero attached hydrogens (tertiary/aromatic N) is 2. The monoisotopic (exact) mass is 450 g/mol. The smallest absolute Gasteiger partial charge is 0.151 e. The molecule has 0 aliphatic heterocycles. The first-order chi connectivity index (χ1) is 15.2. The van der Waals surface area contributed by atoms with Gasteiger partial charge in [0.05, 0.1) is 25.8 Å². The molecule has 0 bridgehead atoms. The van der Waals surface area contributed by atoms with Gasteiger partial charge in [-0.3, -0.25) is 0 Å². The molecule has 0 saturated carbocycles. The number of hydrogen-bond acceptors (Lipinski definition) is 5. The lowest BCUT2D eigenvalue weighted by Crippen LogP contribution is -1.98. The molecule has 5 rings (SSSR count). The first kappa shape index (κ1) is 19.5. The Morgan fingerprint density at radius 1 is 1.06 bits per heavy atom. The number of benzene rings is 2. The van der Waals surface area contributed by atoms with E-state index in [0.29, 0.717) is 16.6 Å². The van der Waals surface area contributed by atoms with E-state index in [2.05, 4.69) is 20.3 Å². The second-order valence-corrected chi connectivity index (χ2v) is 8.28. The highest BCUT2D eigenvalue weighted by molar-refractivity contribution is 7.22. The molecule has 2 aromatic carbocycles. The van der Waals surface area contributed by atoms with E-state index in [9.17, 15) is 4.39 Å². The second-order valence-electron chi connectivity index (χ2n) is 6.82. The highest BCUT2D eigenvalue weighted by atomic mass is 35.5. The molecule has 0 amide bonds. The van der Waals surface area contributed by atoms with Crippen molar-refractivity contribution in [3.05, 3.63) is 89.6 Å². The molecule has 0 aliphatic rings. The van der Waals surface area contributed by atoms with E-state index in [1.165, 1.54) is 18.5 Å². The van der Waals surface area contributed by atoms with E-state index < -0.39 is 0 Å². The summed E-state index contributed by atoms with van der Waals surface area (Å²) >= 11 is 8.02. The van der Waals surface area contributed by atoms with Crippen LogP contribution in [-0.2, 0) is 6.61 Å². The van der Waals surface area contributed by atoms with Crippen LogP contribution in [0.2, 0.25) is 5.02 Å². The standard InChI is InChI=1S/C23H16ClFN4OS/c24-17-10-16(6-7-20(17)30-12-14-3-1-4-15(25)9-14)29-23-22-19(27-13-28-23)11-21(31-22)18-5-2-8-26-18/h1-11,13,26H,12H2,(H,27,28,29). The van der Waals surface area contributed by atoms with E-state index in [1.807, 2.05) is 30.5 Å². The van der Waals surface area contributed by atoms with Gasteiger partial charge < -0.3 is 15.0 Å². The Bertz CT molecular complexity index is 1350. The maximum Gasteiger partial charge on any atom is 0.151 e. The van der Waals surface area contributed by atoms with Crippen LogP contribution in [0, 0.1) is 5.82 Å². The molecule has 0 spiro atoms. The summed E-state index contributed by atoms with van der Waals surface area (Å²) in [6.07, 6.45) is 3.43. The van der Waals surface area contributed by atoms with Crippen LogP contribution >= 0.6 is 22.9 Å². The Hall–Kier alpha value is -3.42. The first-order valence-electron chi connectivity index (χ1n) is 9.48. The topological polar surface area (TPSA) is 62.8 Å². The van der Waals surface area contributed by atoms with Crippen molar-refractivity contribution in [1.29, 1.82) is 0 Å². The zero-order chi connectivity index (χ0) is 21.2. The van der Waals surface area contributed by atoms with Crippen LogP contribution < -0.4 is 10.1 Å². The summed E-state index contributed by atoms with van der Waals surface area (Å²) in [5.41, 5.74) is 3.42. The number of fused-ring (bicyclic) bond motifs is 1. The van der Waals surface area contributed by atoms with Crippen molar-refractivity contribution >= 4 is 44.7 Å². The molecule has 3 heterocycles. The summed E-state index contributed by atoms with van der Waals surface area (Å²) in [7, 11) is 0. The molecule has 3 aromatic heterocycles. The molecule has 0 saturated heterocycles. The summed E-state index contributed by atoms with van der Waals surface area (Å²) in [5, 5.41) is 3.76. The largest absolute Gasteiger partial charge is 0.487 e. The van der Waals surface area contributed by atoms with Gasteiger partial charge in [-0.25, -0.2) is 14.4 Å². The van der Waals surface area contributed by atoms with E-state index >= 15 is 0 Å². The third-order valence-corrected chi connectivity index (χ3v) is 6.11. The molecule has 2 N–H and O–H groups in total. The van der Waals surface area contributed by atoms with Crippen molar-refractivity contribution in [3.63, 3.8) is 0 Å². The van der Waals surface area contributed by atoms with Gasteiger partial charge in [0.15, 0.2) is 5.82 Å². The first-order valence-corrected chi connectivity index (χ1v) is 10.7. The normalized spacial score (nSPS) is 11.0. The Balaban J connectivity index is 1.35. The van der Waals surface area contributed by atoms with Gasteiger partial charge in [-0.05, 0) is 54.1 Å². The third-order valence-electron chi connectivity index (χ3n) is 4.65. The molecule has 0 radical (unpaired) electrons. The number of H-pyrrole nitrogens is 1. The van der Waals surface area contributed by atoms with Crippen molar-refractivity contribution < 1.29 is 9.13 Å². The predicted molar refractivity (Wildman–Crippen MR) is 123 cm³/mol. The highest BCUT2D eigenvalue weighted by Gasteiger charge is 2.12. The van der Waals surface area contributed by atoms with E-state index in [1.54, 1.807) is 35.6 Å². The van der Waals surface area contributed by atoms with Gasteiger partial charge in [-0.2, -0.15) is 0 Å². The van der Waals surface area contributed by atoms with Gasteiger partial charge in [0.25, 0.3) is 0 Å². The van der Waals surface area contributed by atoms with Gasteiger partial charge >= 0.3 is 0 Å². The Morgan fingerprint density at radius 2 is 2.00 bits per heavy atom. The number of anilines is 2. The van der Waals surface area contributed by atoms with Gasteiger partial charge in [0, 0.05) is 11.9 Å².